The third-order valence-corrected chi connectivity index (χ3v) is 2.68. The number of nitrogens with zero attached hydrogens (tertiary/aromatic N) is 1. The molecule has 1 aromatic heterocycles. The molecular weight excluding hydrogens is 229 g/mol. The van der Waals surface area contributed by atoms with Gasteiger partial charge in [-0.2, -0.15) is 4.39 Å². The summed E-state index contributed by atoms with van der Waals surface area (Å²) < 4.78 is 18.3. The molecule has 3 heteroatoms. The zero-order chi connectivity index (χ0) is 12.8. The van der Waals surface area contributed by atoms with Crippen LogP contribution in [0.25, 0.3) is 11.1 Å². The number of ether oxygens (including phenoxy) is 1. The first-order valence-corrected chi connectivity index (χ1v) is 6.14. The predicted molar refractivity (Wildman–Crippen MR) is 70.0 cm³/mol. The Kier molecular flexibility index (Phi) is 4.29. The summed E-state index contributed by atoms with van der Waals surface area (Å²) in [6, 6.07) is 10.8. The molecule has 0 aliphatic carbocycles. The molecule has 0 N–H and O–H groups in total. The van der Waals surface area contributed by atoms with Crippen molar-refractivity contribution in [3.8, 4) is 16.9 Å². The average Bonchev–Trinajstić information content (AvgIpc) is 2.41. The van der Waals surface area contributed by atoms with Crippen molar-refractivity contribution in [3.05, 3.63) is 48.5 Å². The molecule has 0 amide bonds. The molecular formula is C15H16FNO. The van der Waals surface area contributed by atoms with Gasteiger partial charge < -0.3 is 4.74 Å². The van der Waals surface area contributed by atoms with Crippen LogP contribution in [0.15, 0.2) is 42.6 Å². The molecule has 0 aliphatic heterocycles. The summed E-state index contributed by atoms with van der Waals surface area (Å²) in [5.74, 6) is 0.403. The Hall–Kier alpha value is -1.90. The van der Waals surface area contributed by atoms with Gasteiger partial charge in [0.1, 0.15) is 5.75 Å². The molecule has 0 radical (unpaired) electrons. The van der Waals surface area contributed by atoms with E-state index in [1.165, 1.54) is 12.3 Å². The molecule has 1 heterocycles. The van der Waals surface area contributed by atoms with Crippen LogP contribution in [-0.2, 0) is 0 Å². The summed E-state index contributed by atoms with van der Waals surface area (Å²) in [5.41, 5.74) is 1.90. The first-order chi connectivity index (χ1) is 8.79. The lowest BCUT2D eigenvalue weighted by Gasteiger charge is -2.06. The number of benzene rings is 1. The van der Waals surface area contributed by atoms with Gasteiger partial charge in [0.25, 0.3) is 0 Å². The minimum Gasteiger partial charge on any atom is -0.494 e. The second-order valence-electron chi connectivity index (χ2n) is 4.10. The molecule has 2 nitrogen and oxygen atoms in total. The number of unbranched alkanes of at least 4 members (excludes halogenated alkanes) is 1. The van der Waals surface area contributed by atoms with Crippen LogP contribution in [0.2, 0.25) is 0 Å². The lowest BCUT2D eigenvalue weighted by molar-refractivity contribution is 0.309. The van der Waals surface area contributed by atoms with Crippen molar-refractivity contribution >= 4 is 0 Å². The Balaban J connectivity index is 2.05. The quantitative estimate of drug-likeness (QED) is 0.585. The fraction of sp³-hybridized carbons (Fsp3) is 0.267. The lowest BCUT2D eigenvalue weighted by Crippen LogP contribution is -1.95. The second-order valence-corrected chi connectivity index (χ2v) is 4.10. The maximum Gasteiger partial charge on any atom is 0.212 e. The number of halogens is 1. The molecule has 18 heavy (non-hydrogen) atoms. The Labute approximate surface area is 106 Å². The SMILES string of the molecule is CCCCOc1ccc(-c2ccc(F)nc2)cc1. The Morgan fingerprint density at radius 1 is 1.06 bits per heavy atom. The summed E-state index contributed by atoms with van der Waals surface area (Å²) in [6.07, 6.45) is 3.71. The molecule has 0 spiro atoms. The molecule has 0 saturated heterocycles. The van der Waals surface area contributed by atoms with Crippen molar-refractivity contribution in [2.45, 2.75) is 19.8 Å². The minimum absolute atomic E-state index is 0.460. The second kappa shape index (κ2) is 6.15. The van der Waals surface area contributed by atoms with Gasteiger partial charge in [0.15, 0.2) is 0 Å². The maximum atomic E-state index is 12.7. The summed E-state index contributed by atoms with van der Waals surface area (Å²) in [5, 5.41) is 0. The monoisotopic (exact) mass is 245 g/mol. The smallest absolute Gasteiger partial charge is 0.212 e. The van der Waals surface area contributed by atoms with Crippen LogP contribution in [0.1, 0.15) is 19.8 Å². The van der Waals surface area contributed by atoms with E-state index in [4.69, 9.17) is 4.74 Å². The molecule has 0 aliphatic rings. The lowest BCUT2D eigenvalue weighted by atomic mass is 10.1. The largest absolute Gasteiger partial charge is 0.494 e. The number of rotatable bonds is 5. The zero-order valence-electron chi connectivity index (χ0n) is 10.4. The number of pyridine rings is 1. The number of hydrogen-bond donors (Lipinski definition) is 0. The molecule has 0 fully saturated rings. The highest BCUT2D eigenvalue weighted by Gasteiger charge is 2.00. The third kappa shape index (κ3) is 3.29. The predicted octanol–water partition coefficient (Wildman–Crippen LogP) is 4.07. The number of hydrogen-bond acceptors (Lipinski definition) is 2. The van der Waals surface area contributed by atoms with E-state index in [2.05, 4.69) is 11.9 Å². The van der Waals surface area contributed by atoms with Gasteiger partial charge in [-0.05, 0) is 36.2 Å². The standard InChI is InChI=1S/C15H16FNO/c1-2-3-10-18-14-7-4-12(5-8-14)13-6-9-15(16)17-11-13/h4-9,11H,2-3,10H2,1H3. The Morgan fingerprint density at radius 2 is 1.78 bits per heavy atom. The number of aromatic nitrogens is 1. The van der Waals surface area contributed by atoms with Gasteiger partial charge in [-0.3, -0.25) is 0 Å². The highest BCUT2D eigenvalue weighted by molar-refractivity contribution is 5.62. The summed E-state index contributed by atoms with van der Waals surface area (Å²) in [6.45, 7) is 2.88. The molecule has 0 atom stereocenters. The maximum absolute atomic E-state index is 12.7. The minimum atomic E-state index is -0.460. The normalized spacial score (nSPS) is 10.3. The van der Waals surface area contributed by atoms with Crippen LogP contribution in [0, 0.1) is 5.95 Å². The van der Waals surface area contributed by atoms with Gasteiger partial charge in [-0.25, -0.2) is 4.98 Å². The van der Waals surface area contributed by atoms with Crippen LogP contribution in [-0.4, -0.2) is 11.6 Å². The Morgan fingerprint density at radius 3 is 2.39 bits per heavy atom. The fourth-order valence-electron chi connectivity index (χ4n) is 1.62. The van der Waals surface area contributed by atoms with Gasteiger partial charge in [-0.1, -0.05) is 25.5 Å². The topological polar surface area (TPSA) is 22.1 Å². The van der Waals surface area contributed by atoms with E-state index < -0.39 is 5.95 Å². The molecule has 1 aromatic carbocycles. The van der Waals surface area contributed by atoms with Crippen molar-refractivity contribution in [3.63, 3.8) is 0 Å². The van der Waals surface area contributed by atoms with Crippen LogP contribution >= 0.6 is 0 Å². The first-order valence-electron chi connectivity index (χ1n) is 6.14. The first kappa shape index (κ1) is 12.6. The van der Waals surface area contributed by atoms with Crippen molar-refractivity contribution in [1.82, 2.24) is 4.98 Å². The van der Waals surface area contributed by atoms with Crippen LogP contribution in [0.5, 0.6) is 5.75 Å². The van der Waals surface area contributed by atoms with E-state index in [-0.39, 0.29) is 0 Å². The van der Waals surface area contributed by atoms with E-state index in [0.29, 0.717) is 0 Å². The van der Waals surface area contributed by atoms with E-state index in [1.54, 1.807) is 6.07 Å². The van der Waals surface area contributed by atoms with Crippen LogP contribution in [0.3, 0.4) is 0 Å². The van der Waals surface area contributed by atoms with Gasteiger partial charge in [0.05, 0.1) is 6.61 Å². The van der Waals surface area contributed by atoms with E-state index >= 15 is 0 Å². The summed E-state index contributed by atoms with van der Waals surface area (Å²) in [4.78, 5) is 3.64. The van der Waals surface area contributed by atoms with Gasteiger partial charge in [0, 0.05) is 11.8 Å². The van der Waals surface area contributed by atoms with E-state index in [9.17, 15) is 4.39 Å². The molecule has 0 saturated carbocycles. The van der Waals surface area contributed by atoms with Crippen molar-refractivity contribution in [1.29, 1.82) is 0 Å². The van der Waals surface area contributed by atoms with Crippen molar-refractivity contribution in [2.75, 3.05) is 6.61 Å². The van der Waals surface area contributed by atoms with Crippen LogP contribution in [0.4, 0.5) is 4.39 Å². The molecule has 0 bridgehead atoms. The van der Waals surface area contributed by atoms with E-state index in [1.807, 2.05) is 24.3 Å². The summed E-state index contributed by atoms with van der Waals surface area (Å²) in [7, 11) is 0. The van der Waals surface area contributed by atoms with Gasteiger partial charge >= 0.3 is 0 Å². The molecule has 0 unspecified atom stereocenters. The highest BCUT2D eigenvalue weighted by atomic mass is 19.1. The highest BCUT2D eigenvalue weighted by Crippen LogP contribution is 2.21. The van der Waals surface area contributed by atoms with Crippen molar-refractivity contribution < 1.29 is 9.13 Å². The van der Waals surface area contributed by atoms with Gasteiger partial charge in [-0.15, -0.1) is 0 Å². The van der Waals surface area contributed by atoms with E-state index in [0.717, 1.165) is 36.3 Å². The molecule has 2 aromatic rings. The zero-order valence-corrected chi connectivity index (χ0v) is 10.4. The average molecular weight is 245 g/mol. The molecule has 2 rings (SSSR count). The Bertz CT molecular complexity index is 479. The third-order valence-electron chi connectivity index (χ3n) is 2.68. The fourth-order valence-corrected chi connectivity index (χ4v) is 1.62. The molecule has 94 valence electrons. The van der Waals surface area contributed by atoms with Crippen LogP contribution < -0.4 is 4.74 Å². The van der Waals surface area contributed by atoms with Crippen molar-refractivity contribution in [2.24, 2.45) is 0 Å². The van der Waals surface area contributed by atoms with Gasteiger partial charge in [0.2, 0.25) is 5.95 Å². The summed E-state index contributed by atoms with van der Waals surface area (Å²) >= 11 is 0.